The Morgan fingerprint density at radius 2 is 1.88 bits per heavy atom. The maximum Gasteiger partial charge on any atom is 0.586 e. The number of halogens is 2. The number of hydrogen-bond acceptors (Lipinski definition) is 5. The van der Waals surface area contributed by atoms with Crippen molar-refractivity contribution in [3.8, 4) is 28.4 Å². The first-order chi connectivity index (χ1) is 11.5. The topological polar surface area (TPSA) is 66.6 Å². The Balaban J connectivity index is 1.87. The molecule has 0 amide bonds. The van der Waals surface area contributed by atoms with Crippen LogP contribution in [0.3, 0.4) is 0 Å². The van der Waals surface area contributed by atoms with Gasteiger partial charge < -0.3 is 19.9 Å². The lowest BCUT2D eigenvalue weighted by molar-refractivity contribution is -0.286. The number of nitrogen functional groups attached to an aromatic ring is 1. The van der Waals surface area contributed by atoms with Gasteiger partial charge in [0.05, 0.1) is 12.6 Å². The largest absolute Gasteiger partial charge is 0.586 e. The minimum Gasteiger partial charge on any atom is -0.496 e. The highest BCUT2D eigenvalue weighted by Gasteiger charge is 2.43. The zero-order chi connectivity index (χ0) is 16.9. The summed E-state index contributed by atoms with van der Waals surface area (Å²) in [5.41, 5.74) is 7.90. The van der Waals surface area contributed by atoms with Gasteiger partial charge >= 0.3 is 6.29 Å². The van der Waals surface area contributed by atoms with E-state index in [4.69, 9.17) is 10.5 Å². The zero-order valence-corrected chi connectivity index (χ0v) is 12.5. The fourth-order valence-corrected chi connectivity index (χ4v) is 2.71. The van der Waals surface area contributed by atoms with Crippen molar-refractivity contribution in [3.05, 3.63) is 42.5 Å². The summed E-state index contributed by atoms with van der Waals surface area (Å²) in [7, 11) is 1.56. The molecule has 1 aromatic heterocycles. The predicted octanol–water partition coefficient (Wildman–Crippen LogP) is 3.81. The lowest BCUT2D eigenvalue weighted by Crippen LogP contribution is -2.25. The molecule has 0 saturated heterocycles. The van der Waals surface area contributed by atoms with Crippen molar-refractivity contribution in [1.29, 1.82) is 0 Å². The van der Waals surface area contributed by atoms with Crippen LogP contribution < -0.4 is 19.9 Å². The van der Waals surface area contributed by atoms with E-state index >= 15 is 0 Å². The van der Waals surface area contributed by atoms with E-state index in [2.05, 4.69) is 14.5 Å². The number of rotatable bonds is 2. The molecule has 1 aliphatic heterocycles. The molecule has 0 unspecified atom stereocenters. The zero-order valence-electron chi connectivity index (χ0n) is 12.5. The fourth-order valence-electron chi connectivity index (χ4n) is 2.71. The van der Waals surface area contributed by atoms with E-state index in [1.54, 1.807) is 13.2 Å². The SMILES string of the molecule is COc1cccc2nc(N)c(-c3ccc4c(c3)OC(F)(F)O4)cc12. The predicted molar refractivity (Wildman–Crippen MR) is 84.3 cm³/mol. The molecule has 0 aliphatic carbocycles. The molecule has 0 atom stereocenters. The second-order valence-electron chi connectivity index (χ2n) is 5.28. The molecule has 1 aliphatic rings. The molecule has 0 spiro atoms. The molecule has 2 aromatic carbocycles. The maximum atomic E-state index is 13.2. The molecule has 0 radical (unpaired) electrons. The van der Waals surface area contributed by atoms with Crippen molar-refractivity contribution >= 4 is 16.7 Å². The third-order valence-corrected chi connectivity index (χ3v) is 3.78. The number of anilines is 1. The Bertz CT molecular complexity index is 960. The number of aromatic nitrogens is 1. The third kappa shape index (κ3) is 2.25. The van der Waals surface area contributed by atoms with Crippen LogP contribution in [0.1, 0.15) is 0 Å². The minimum atomic E-state index is -3.66. The summed E-state index contributed by atoms with van der Waals surface area (Å²) in [4.78, 5) is 4.36. The Kier molecular flexibility index (Phi) is 2.99. The van der Waals surface area contributed by atoms with E-state index in [-0.39, 0.29) is 17.3 Å². The molecular weight excluding hydrogens is 318 g/mol. The van der Waals surface area contributed by atoms with E-state index in [1.165, 1.54) is 12.1 Å². The molecule has 0 fully saturated rings. The van der Waals surface area contributed by atoms with Gasteiger partial charge in [0.2, 0.25) is 0 Å². The van der Waals surface area contributed by atoms with Crippen LogP contribution >= 0.6 is 0 Å². The second-order valence-corrected chi connectivity index (χ2v) is 5.28. The van der Waals surface area contributed by atoms with Gasteiger partial charge in [0.15, 0.2) is 11.5 Å². The van der Waals surface area contributed by atoms with Crippen LogP contribution in [0.15, 0.2) is 42.5 Å². The van der Waals surface area contributed by atoms with Crippen LogP contribution in [0.25, 0.3) is 22.0 Å². The number of hydrogen-bond donors (Lipinski definition) is 1. The van der Waals surface area contributed by atoms with Gasteiger partial charge in [-0.1, -0.05) is 12.1 Å². The van der Waals surface area contributed by atoms with Crippen LogP contribution in [-0.2, 0) is 0 Å². The van der Waals surface area contributed by atoms with Crippen molar-refractivity contribution in [3.63, 3.8) is 0 Å². The van der Waals surface area contributed by atoms with Crippen molar-refractivity contribution in [2.24, 2.45) is 0 Å². The number of pyridine rings is 1. The number of nitrogens with two attached hydrogens (primary N) is 1. The Morgan fingerprint density at radius 1 is 1.08 bits per heavy atom. The fraction of sp³-hybridized carbons (Fsp3) is 0.118. The molecule has 24 heavy (non-hydrogen) atoms. The molecule has 2 N–H and O–H groups in total. The summed E-state index contributed by atoms with van der Waals surface area (Å²) < 4.78 is 40.5. The summed E-state index contributed by atoms with van der Waals surface area (Å²) >= 11 is 0. The van der Waals surface area contributed by atoms with Gasteiger partial charge in [0.25, 0.3) is 0 Å². The summed E-state index contributed by atoms with van der Waals surface area (Å²) in [6.45, 7) is 0. The highest BCUT2D eigenvalue weighted by atomic mass is 19.3. The Hall–Kier alpha value is -3.09. The minimum absolute atomic E-state index is 0.0198. The molecular formula is C17H12F2N2O3. The van der Waals surface area contributed by atoms with Gasteiger partial charge in [-0.15, -0.1) is 8.78 Å². The van der Waals surface area contributed by atoms with Crippen LogP contribution in [0.4, 0.5) is 14.6 Å². The number of benzene rings is 2. The second kappa shape index (κ2) is 4.95. The summed E-state index contributed by atoms with van der Waals surface area (Å²) in [5, 5.41) is 0.771. The van der Waals surface area contributed by atoms with Gasteiger partial charge in [-0.05, 0) is 35.9 Å². The summed E-state index contributed by atoms with van der Waals surface area (Å²) in [5.74, 6) is 0.862. The van der Waals surface area contributed by atoms with Gasteiger partial charge in [-0.3, -0.25) is 0 Å². The standard InChI is InChI=1S/C17H12F2N2O3/c1-22-13-4-2-3-12-11(13)8-10(16(20)21-12)9-5-6-14-15(7-9)24-17(18,19)23-14/h2-8H,1H3,(H2,20,21). The normalized spacial score (nSPS) is 14.8. The van der Waals surface area contributed by atoms with E-state index in [1.807, 2.05) is 24.3 Å². The molecule has 0 bridgehead atoms. The van der Waals surface area contributed by atoms with Crippen LogP contribution in [-0.4, -0.2) is 18.4 Å². The number of ether oxygens (including phenoxy) is 3. The first kappa shape index (κ1) is 14.5. The smallest absolute Gasteiger partial charge is 0.496 e. The van der Waals surface area contributed by atoms with Crippen molar-refractivity contribution in [2.45, 2.75) is 6.29 Å². The highest BCUT2D eigenvalue weighted by molar-refractivity contribution is 5.93. The van der Waals surface area contributed by atoms with E-state index < -0.39 is 6.29 Å². The average Bonchev–Trinajstić information content (AvgIpc) is 2.86. The van der Waals surface area contributed by atoms with Gasteiger partial charge in [0, 0.05) is 10.9 Å². The lowest BCUT2D eigenvalue weighted by Gasteiger charge is -2.10. The van der Waals surface area contributed by atoms with Gasteiger partial charge in [0.1, 0.15) is 11.6 Å². The molecule has 122 valence electrons. The average molecular weight is 330 g/mol. The first-order valence-electron chi connectivity index (χ1n) is 7.10. The lowest BCUT2D eigenvalue weighted by atomic mass is 10.0. The van der Waals surface area contributed by atoms with Gasteiger partial charge in [-0.2, -0.15) is 0 Å². The molecule has 4 rings (SSSR count). The molecule has 3 aromatic rings. The van der Waals surface area contributed by atoms with Crippen molar-refractivity contribution in [1.82, 2.24) is 4.98 Å². The van der Waals surface area contributed by atoms with E-state index in [9.17, 15) is 8.78 Å². The van der Waals surface area contributed by atoms with Crippen LogP contribution in [0.5, 0.6) is 17.2 Å². The number of nitrogens with zero attached hydrogens (tertiary/aromatic N) is 1. The van der Waals surface area contributed by atoms with E-state index in [0.29, 0.717) is 22.4 Å². The molecule has 5 nitrogen and oxygen atoms in total. The van der Waals surface area contributed by atoms with Crippen molar-refractivity contribution < 1.29 is 23.0 Å². The third-order valence-electron chi connectivity index (χ3n) is 3.78. The number of fused-ring (bicyclic) bond motifs is 2. The van der Waals surface area contributed by atoms with Crippen LogP contribution in [0.2, 0.25) is 0 Å². The Labute approximate surface area is 135 Å². The molecule has 0 saturated carbocycles. The van der Waals surface area contributed by atoms with Gasteiger partial charge in [-0.25, -0.2) is 4.98 Å². The number of methoxy groups -OCH3 is 1. The highest BCUT2D eigenvalue weighted by Crippen LogP contribution is 2.44. The first-order valence-corrected chi connectivity index (χ1v) is 7.10. The van der Waals surface area contributed by atoms with E-state index in [0.717, 1.165) is 5.39 Å². The van der Waals surface area contributed by atoms with Crippen molar-refractivity contribution in [2.75, 3.05) is 12.8 Å². The van der Waals surface area contributed by atoms with Crippen LogP contribution in [0, 0.1) is 0 Å². The number of alkyl halides is 2. The summed E-state index contributed by atoms with van der Waals surface area (Å²) in [6, 6.07) is 11.7. The Morgan fingerprint density at radius 3 is 2.67 bits per heavy atom. The molecule has 7 heteroatoms. The quantitative estimate of drug-likeness (QED) is 0.774. The maximum absolute atomic E-state index is 13.2. The molecule has 2 heterocycles. The monoisotopic (exact) mass is 330 g/mol. The summed E-state index contributed by atoms with van der Waals surface area (Å²) in [6.07, 6.45) is -3.66.